The number of nitrogens with zero attached hydrogens (tertiary/aromatic N) is 1. The number of hydrogen-bond donors (Lipinski definition) is 1. The van der Waals surface area contributed by atoms with Crippen LogP contribution in [0.25, 0.3) is 0 Å². The van der Waals surface area contributed by atoms with Crippen molar-refractivity contribution in [2.24, 2.45) is 11.0 Å². The van der Waals surface area contributed by atoms with E-state index in [0.717, 1.165) is 18.0 Å². The van der Waals surface area contributed by atoms with Crippen molar-refractivity contribution >= 4 is 11.9 Å². The van der Waals surface area contributed by atoms with Crippen LogP contribution in [0.5, 0.6) is 0 Å². The van der Waals surface area contributed by atoms with Crippen molar-refractivity contribution in [1.82, 2.24) is 0 Å². The van der Waals surface area contributed by atoms with E-state index < -0.39 is 0 Å². The monoisotopic (exact) mass is 226 g/mol. The van der Waals surface area contributed by atoms with Gasteiger partial charge in [-0.05, 0) is 30.9 Å². The molecule has 1 aromatic rings. The Bertz CT molecular complexity index is 406. The first-order valence-electron chi connectivity index (χ1n) is 6.26. The van der Waals surface area contributed by atoms with Gasteiger partial charge in [0.05, 0.1) is 11.9 Å². The van der Waals surface area contributed by atoms with E-state index in [0.29, 0.717) is 0 Å². The number of hydrazone groups is 1. The topological polar surface area (TPSA) is 24.4 Å². The molecule has 0 atom stereocenters. The fourth-order valence-corrected chi connectivity index (χ4v) is 2.12. The molecule has 1 aromatic carbocycles. The maximum absolute atomic E-state index is 4.06. The van der Waals surface area contributed by atoms with Crippen molar-refractivity contribution in [3.8, 4) is 11.8 Å². The Morgan fingerprint density at radius 1 is 1.24 bits per heavy atom. The summed E-state index contributed by atoms with van der Waals surface area (Å²) in [5, 5.41) is 4.06. The van der Waals surface area contributed by atoms with Gasteiger partial charge >= 0.3 is 0 Å². The summed E-state index contributed by atoms with van der Waals surface area (Å²) in [6.07, 6.45) is 8.15. The Labute approximate surface area is 103 Å². The number of benzene rings is 1. The number of para-hydroxylation sites is 1. The second kappa shape index (κ2) is 6.75. The molecule has 1 aliphatic rings. The number of rotatable bonds is 3. The molecule has 0 unspecified atom stereocenters. The van der Waals surface area contributed by atoms with Gasteiger partial charge in [0, 0.05) is 6.42 Å². The van der Waals surface area contributed by atoms with Gasteiger partial charge in [-0.15, -0.1) is 0 Å². The predicted octanol–water partition coefficient (Wildman–Crippen LogP) is 3.67. The number of anilines is 1. The van der Waals surface area contributed by atoms with E-state index in [4.69, 9.17) is 0 Å². The Kier molecular flexibility index (Phi) is 4.66. The van der Waals surface area contributed by atoms with Gasteiger partial charge in [-0.3, -0.25) is 5.43 Å². The molecule has 0 radical (unpaired) electrons. The van der Waals surface area contributed by atoms with Gasteiger partial charge in [0.15, 0.2) is 0 Å². The minimum atomic E-state index is 0.831. The molecular formula is C15H18N2. The largest absolute Gasteiger partial charge is 0.278 e. The lowest BCUT2D eigenvalue weighted by atomic mass is 10.1. The van der Waals surface area contributed by atoms with Crippen LogP contribution in [0.15, 0.2) is 35.4 Å². The van der Waals surface area contributed by atoms with Gasteiger partial charge in [-0.1, -0.05) is 42.9 Å². The standard InChI is InChI=1S/C15H18N2/c1-2-11-15(12-3-1)17-16-13-7-6-10-14-8-4-5-9-14/h1-3,11-14,17H,4-5,8-10H2/b16-13-. The maximum Gasteiger partial charge on any atom is 0.0970 e. The summed E-state index contributed by atoms with van der Waals surface area (Å²) in [7, 11) is 0. The summed E-state index contributed by atoms with van der Waals surface area (Å²) in [5.74, 6) is 6.98. The van der Waals surface area contributed by atoms with Crippen molar-refractivity contribution in [3.63, 3.8) is 0 Å². The zero-order chi connectivity index (χ0) is 11.8. The SMILES string of the molecule is C(#CCC1CCCC1)/C=N\Nc1ccccc1. The molecule has 1 N–H and O–H groups in total. The van der Waals surface area contributed by atoms with E-state index in [1.54, 1.807) is 6.21 Å². The summed E-state index contributed by atoms with van der Waals surface area (Å²) in [4.78, 5) is 0. The average molecular weight is 226 g/mol. The van der Waals surface area contributed by atoms with Crippen molar-refractivity contribution in [1.29, 1.82) is 0 Å². The predicted molar refractivity (Wildman–Crippen MR) is 72.9 cm³/mol. The molecule has 17 heavy (non-hydrogen) atoms. The summed E-state index contributed by atoms with van der Waals surface area (Å²) < 4.78 is 0. The molecule has 0 aliphatic heterocycles. The van der Waals surface area contributed by atoms with Gasteiger partial charge in [0.25, 0.3) is 0 Å². The third-order valence-corrected chi connectivity index (χ3v) is 3.06. The normalized spacial score (nSPS) is 15.8. The van der Waals surface area contributed by atoms with Crippen molar-refractivity contribution in [2.75, 3.05) is 5.43 Å². The van der Waals surface area contributed by atoms with Crippen molar-refractivity contribution in [3.05, 3.63) is 30.3 Å². The second-order valence-electron chi connectivity index (χ2n) is 4.41. The van der Waals surface area contributed by atoms with Crippen LogP contribution < -0.4 is 5.43 Å². The molecule has 0 heterocycles. The van der Waals surface area contributed by atoms with E-state index in [-0.39, 0.29) is 0 Å². The zero-order valence-electron chi connectivity index (χ0n) is 10.0. The lowest BCUT2D eigenvalue weighted by Gasteiger charge is -2.00. The third kappa shape index (κ3) is 4.32. The molecule has 0 amide bonds. The molecule has 0 spiro atoms. The molecule has 1 aliphatic carbocycles. The van der Waals surface area contributed by atoms with Crippen LogP contribution in [0.2, 0.25) is 0 Å². The Morgan fingerprint density at radius 3 is 2.76 bits per heavy atom. The Hall–Kier alpha value is -1.75. The first-order chi connectivity index (χ1) is 8.45. The number of hydrogen-bond acceptors (Lipinski definition) is 2. The van der Waals surface area contributed by atoms with E-state index in [1.807, 2.05) is 30.3 Å². The average Bonchev–Trinajstić information content (AvgIpc) is 2.88. The first kappa shape index (κ1) is 11.7. The highest BCUT2D eigenvalue weighted by Crippen LogP contribution is 2.26. The second-order valence-corrected chi connectivity index (χ2v) is 4.41. The van der Waals surface area contributed by atoms with Gasteiger partial charge in [0.1, 0.15) is 0 Å². The smallest absolute Gasteiger partial charge is 0.0970 e. The lowest BCUT2D eigenvalue weighted by molar-refractivity contribution is 0.567. The van der Waals surface area contributed by atoms with Crippen LogP contribution >= 0.6 is 0 Å². The molecular weight excluding hydrogens is 208 g/mol. The Balaban J connectivity index is 1.69. The lowest BCUT2D eigenvalue weighted by Crippen LogP contribution is -1.90. The fourth-order valence-electron chi connectivity index (χ4n) is 2.12. The summed E-state index contributed by atoms with van der Waals surface area (Å²) in [6, 6.07) is 9.89. The highest BCUT2D eigenvalue weighted by Gasteiger charge is 2.12. The molecule has 2 rings (SSSR count). The van der Waals surface area contributed by atoms with Crippen molar-refractivity contribution in [2.45, 2.75) is 32.1 Å². The number of nitrogens with one attached hydrogen (secondary N) is 1. The van der Waals surface area contributed by atoms with Crippen LogP contribution in [0.4, 0.5) is 5.69 Å². The van der Waals surface area contributed by atoms with Crippen molar-refractivity contribution < 1.29 is 0 Å². The summed E-state index contributed by atoms with van der Waals surface area (Å²) in [5.41, 5.74) is 3.93. The highest BCUT2D eigenvalue weighted by molar-refractivity contribution is 5.78. The molecule has 0 bridgehead atoms. The Morgan fingerprint density at radius 2 is 2.00 bits per heavy atom. The molecule has 0 saturated heterocycles. The third-order valence-electron chi connectivity index (χ3n) is 3.06. The highest BCUT2D eigenvalue weighted by atomic mass is 15.3. The van der Waals surface area contributed by atoms with Gasteiger partial charge in [-0.25, -0.2) is 0 Å². The molecule has 1 saturated carbocycles. The van der Waals surface area contributed by atoms with Crippen LogP contribution in [-0.2, 0) is 0 Å². The minimum absolute atomic E-state index is 0.831. The molecule has 2 heteroatoms. The fraction of sp³-hybridized carbons (Fsp3) is 0.400. The zero-order valence-corrected chi connectivity index (χ0v) is 10.0. The quantitative estimate of drug-likeness (QED) is 0.474. The molecule has 88 valence electrons. The molecule has 2 nitrogen and oxygen atoms in total. The van der Waals surface area contributed by atoms with E-state index in [1.165, 1.54) is 25.7 Å². The molecule has 1 fully saturated rings. The first-order valence-corrected chi connectivity index (χ1v) is 6.26. The van der Waals surface area contributed by atoms with E-state index >= 15 is 0 Å². The van der Waals surface area contributed by atoms with Gasteiger partial charge in [-0.2, -0.15) is 5.10 Å². The van der Waals surface area contributed by atoms with Crippen LogP contribution in [0.1, 0.15) is 32.1 Å². The van der Waals surface area contributed by atoms with E-state index in [2.05, 4.69) is 22.4 Å². The van der Waals surface area contributed by atoms with Gasteiger partial charge in [0.2, 0.25) is 0 Å². The van der Waals surface area contributed by atoms with Crippen LogP contribution in [0, 0.1) is 17.8 Å². The van der Waals surface area contributed by atoms with E-state index in [9.17, 15) is 0 Å². The maximum atomic E-state index is 4.06. The van der Waals surface area contributed by atoms with Crippen LogP contribution in [-0.4, -0.2) is 6.21 Å². The van der Waals surface area contributed by atoms with Gasteiger partial charge < -0.3 is 0 Å². The minimum Gasteiger partial charge on any atom is -0.278 e. The summed E-state index contributed by atoms with van der Waals surface area (Å²) >= 11 is 0. The molecule has 0 aromatic heterocycles. The van der Waals surface area contributed by atoms with Crippen LogP contribution in [0.3, 0.4) is 0 Å². The summed E-state index contributed by atoms with van der Waals surface area (Å²) in [6.45, 7) is 0.